The number of hydrogen-bond donors (Lipinski definition) is 1. The van der Waals surface area contributed by atoms with E-state index < -0.39 is 0 Å². The second-order valence-corrected chi connectivity index (χ2v) is 7.49. The fraction of sp³-hybridized carbons (Fsp3) is 0.667. The van der Waals surface area contributed by atoms with Crippen molar-refractivity contribution < 1.29 is 18.7 Å². The average Bonchev–Trinajstić information content (AvgIpc) is 3.44. The molecule has 2 aliphatic rings. The minimum Gasteiger partial charge on any atom is -0.462 e. The molecular formula is C21H33IN4O4. The molecule has 8 nitrogen and oxygen atoms in total. The Kier molecular flexibility index (Phi) is 10.5. The largest absolute Gasteiger partial charge is 0.462 e. The van der Waals surface area contributed by atoms with Crippen molar-refractivity contribution in [2.75, 3.05) is 39.3 Å². The third-order valence-electron chi connectivity index (χ3n) is 5.33. The Balaban J connectivity index is 0.00000320. The number of nitrogens with zero attached hydrogens (tertiary/aromatic N) is 3. The number of amides is 1. The molecule has 2 fully saturated rings. The van der Waals surface area contributed by atoms with Gasteiger partial charge in [0.05, 0.1) is 6.26 Å². The molecule has 1 aromatic rings. The second-order valence-electron chi connectivity index (χ2n) is 7.49. The number of carbonyl (C=O) groups excluding carboxylic acids is 2. The lowest BCUT2D eigenvalue weighted by Crippen LogP contribution is -2.53. The lowest BCUT2D eigenvalue weighted by atomic mass is 10.3. The number of carbonyl (C=O) groups is 2. The molecule has 1 saturated heterocycles. The molecule has 0 bridgehead atoms. The van der Waals surface area contributed by atoms with E-state index in [4.69, 9.17) is 9.15 Å². The summed E-state index contributed by atoms with van der Waals surface area (Å²) >= 11 is 0. The van der Waals surface area contributed by atoms with Crippen LogP contribution in [-0.4, -0.2) is 73.0 Å². The quantitative estimate of drug-likeness (QED) is 0.191. The summed E-state index contributed by atoms with van der Waals surface area (Å²) < 4.78 is 10.7. The Morgan fingerprint density at radius 3 is 2.53 bits per heavy atom. The van der Waals surface area contributed by atoms with E-state index in [2.05, 4.69) is 15.2 Å². The van der Waals surface area contributed by atoms with Crippen LogP contribution in [0.3, 0.4) is 0 Å². The van der Waals surface area contributed by atoms with Gasteiger partial charge in [-0.2, -0.15) is 0 Å². The van der Waals surface area contributed by atoms with Gasteiger partial charge in [-0.15, -0.1) is 24.0 Å². The number of nitrogens with one attached hydrogen (secondary N) is 1. The highest BCUT2D eigenvalue weighted by atomic mass is 127. The summed E-state index contributed by atoms with van der Waals surface area (Å²) in [5.41, 5.74) is 0. The van der Waals surface area contributed by atoms with Crippen LogP contribution in [0.4, 0.5) is 0 Å². The van der Waals surface area contributed by atoms with Gasteiger partial charge in [-0.1, -0.05) is 0 Å². The highest BCUT2D eigenvalue weighted by Gasteiger charge is 2.25. The molecule has 0 spiro atoms. The first-order valence-corrected chi connectivity index (χ1v) is 10.7. The number of guanidine groups is 1. The average molecular weight is 532 g/mol. The summed E-state index contributed by atoms with van der Waals surface area (Å²) in [6.45, 7) is 6.05. The van der Waals surface area contributed by atoms with Crippen molar-refractivity contribution in [1.29, 1.82) is 0 Å². The standard InChI is InChI=1S/C21H32N4O4.HI/c1-2-22-21(23-11-5-10-19(26)29-17-7-3-4-8-17)25-14-12-24(13-15-25)20(27)18-9-6-16-28-18;/h6,9,16-17H,2-5,7-8,10-15H2,1H3,(H,22,23);1H. The van der Waals surface area contributed by atoms with Crippen LogP contribution in [0, 0.1) is 0 Å². The first-order chi connectivity index (χ1) is 14.2. The number of esters is 1. The van der Waals surface area contributed by atoms with E-state index in [1.54, 1.807) is 17.0 Å². The predicted octanol–water partition coefficient (Wildman–Crippen LogP) is 2.89. The molecule has 2 heterocycles. The third-order valence-corrected chi connectivity index (χ3v) is 5.33. The maximum absolute atomic E-state index is 12.4. The Bertz CT molecular complexity index is 681. The monoisotopic (exact) mass is 532 g/mol. The number of halogens is 1. The van der Waals surface area contributed by atoms with Crippen LogP contribution in [0.5, 0.6) is 0 Å². The summed E-state index contributed by atoms with van der Waals surface area (Å²) in [7, 11) is 0. The van der Waals surface area contributed by atoms with Crippen molar-refractivity contribution in [3.63, 3.8) is 0 Å². The van der Waals surface area contributed by atoms with Crippen LogP contribution in [0.25, 0.3) is 0 Å². The fourth-order valence-corrected chi connectivity index (χ4v) is 3.76. The predicted molar refractivity (Wildman–Crippen MR) is 125 cm³/mol. The Morgan fingerprint density at radius 2 is 1.90 bits per heavy atom. The van der Waals surface area contributed by atoms with Crippen molar-refractivity contribution in [2.24, 2.45) is 4.99 Å². The second kappa shape index (κ2) is 12.8. The number of rotatable bonds is 7. The molecule has 1 saturated carbocycles. The van der Waals surface area contributed by atoms with E-state index in [0.717, 1.165) is 38.2 Å². The van der Waals surface area contributed by atoms with Crippen molar-refractivity contribution in [3.8, 4) is 0 Å². The molecule has 0 aromatic carbocycles. The summed E-state index contributed by atoms with van der Waals surface area (Å²) in [5, 5.41) is 3.31. The van der Waals surface area contributed by atoms with Crippen molar-refractivity contribution >= 4 is 41.8 Å². The van der Waals surface area contributed by atoms with E-state index in [9.17, 15) is 9.59 Å². The fourth-order valence-electron chi connectivity index (χ4n) is 3.76. The maximum Gasteiger partial charge on any atom is 0.306 e. The summed E-state index contributed by atoms with van der Waals surface area (Å²) in [4.78, 5) is 32.9. The molecule has 1 amide bonds. The zero-order valence-electron chi connectivity index (χ0n) is 17.7. The minimum absolute atomic E-state index is 0. The highest BCUT2D eigenvalue weighted by Crippen LogP contribution is 2.21. The normalized spacial score (nSPS) is 17.6. The van der Waals surface area contributed by atoms with Crippen LogP contribution in [0.2, 0.25) is 0 Å². The van der Waals surface area contributed by atoms with Gasteiger partial charge < -0.3 is 24.3 Å². The third kappa shape index (κ3) is 7.17. The van der Waals surface area contributed by atoms with Crippen LogP contribution in [0.15, 0.2) is 27.8 Å². The zero-order valence-corrected chi connectivity index (χ0v) is 20.0. The summed E-state index contributed by atoms with van der Waals surface area (Å²) in [6.07, 6.45) is 7.06. The molecular weight excluding hydrogens is 499 g/mol. The van der Waals surface area contributed by atoms with Gasteiger partial charge in [0.1, 0.15) is 6.10 Å². The van der Waals surface area contributed by atoms with Gasteiger partial charge in [0.2, 0.25) is 0 Å². The van der Waals surface area contributed by atoms with E-state index >= 15 is 0 Å². The lowest BCUT2D eigenvalue weighted by molar-refractivity contribution is -0.148. The van der Waals surface area contributed by atoms with Crippen molar-refractivity contribution in [3.05, 3.63) is 24.2 Å². The number of piperazine rings is 1. The topological polar surface area (TPSA) is 87.4 Å². The molecule has 0 radical (unpaired) electrons. The van der Waals surface area contributed by atoms with Gasteiger partial charge >= 0.3 is 5.97 Å². The van der Waals surface area contributed by atoms with E-state index in [1.165, 1.54) is 6.26 Å². The van der Waals surface area contributed by atoms with Gasteiger partial charge in [-0.25, -0.2) is 0 Å². The van der Waals surface area contributed by atoms with Gasteiger partial charge in [0, 0.05) is 45.7 Å². The van der Waals surface area contributed by atoms with Gasteiger partial charge in [0.25, 0.3) is 5.91 Å². The van der Waals surface area contributed by atoms with Crippen LogP contribution in [-0.2, 0) is 9.53 Å². The number of aliphatic imine (C=N–C) groups is 1. The number of ether oxygens (including phenoxy) is 1. The van der Waals surface area contributed by atoms with E-state index in [0.29, 0.717) is 51.3 Å². The molecule has 0 atom stereocenters. The van der Waals surface area contributed by atoms with Gasteiger partial charge in [-0.05, 0) is 51.2 Å². The van der Waals surface area contributed by atoms with Gasteiger partial charge in [0.15, 0.2) is 11.7 Å². The number of furan rings is 1. The van der Waals surface area contributed by atoms with Crippen LogP contribution in [0.1, 0.15) is 56.0 Å². The maximum atomic E-state index is 12.4. The first kappa shape index (κ1) is 24.5. The van der Waals surface area contributed by atoms with Crippen LogP contribution >= 0.6 is 24.0 Å². The van der Waals surface area contributed by atoms with E-state index in [1.807, 2.05) is 6.92 Å². The molecule has 1 aliphatic heterocycles. The minimum atomic E-state index is -0.109. The molecule has 1 N–H and O–H groups in total. The van der Waals surface area contributed by atoms with Crippen molar-refractivity contribution in [1.82, 2.24) is 15.1 Å². The number of hydrogen-bond acceptors (Lipinski definition) is 5. The van der Waals surface area contributed by atoms with E-state index in [-0.39, 0.29) is 42.0 Å². The zero-order chi connectivity index (χ0) is 20.5. The Hall–Kier alpha value is -1.78. The van der Waals surface area contributed by atoms with Crippen molar-refractivity contribution in [2.45, 2.75) is 51.6 Å². The SMILES string of the molecule is CCNC(=NCCCC(=O)OC1CCCC1)N1CCN(C(=O)c2ccco2)CC1.I. The van der Waals surface area contributed by atoms with Gasteiger partial charge in [-0.3, -0.25) is 14.6 Å². The summed E-state index contributed by atoms with van der Waals surface area (Å²) in [6, 6.07) is 3.42. The summed E-state index contributed by atoms with van der Waals surface area (Å²) in [5.74, 6) is 1.03. The smallest absolute Gasteiger partial charge is 0.306 e. The molecule has 3 rings (SSSR count). The molecule has 168 valence electrons. The lowest BCUT2D eigenvalue weighted by Gasteiger charge is -2.36. The molecule has 0 unspecified atom stereocenters. The molecule has 1 aromatic heterocycles. The van der Waals surface area contributed by atoms with Crippen LogP contribution < -0.4 is 5.32 Å². The Labute approximate surface area is 195 Å². The highest BCUT2D eigenvalue weighted by molar-refractivity contribution is 14.0. The Morgan fingerprint density at radius 1 is 1.20 bits per heavy atom. The molecule has 30 heavy (non-hydrogen) atoms. The molecule has 1 aliphatic carbocycles. The molecule has 9 heteroatoms. The first-order valence-electron chi connectivity index (χ1n) is 10.7.